The van der Waals surface area contributed by atoms with Gasteiger partial charge in [0.25, 0.3) is 5.24 Å². The van der Waals surface area contributed by atoms with E-state index >= 15 is 0 Å². The smallest absolute Gasteiger partial charge is 0.252 e. The minimum Gasteiger partial charge on any atom is -0.292 e. The van der Waals surface area contributed by atoms with Crippen molar-refractivity contribution in [1.29, 1.82) is 0 Å². The Labute approximate surface area is 107 Å². The van der Waals surface area contributed by atoms with Crippen LogP contribution in [-0.4, -0.2) is 23.2 Å². The number of rotatable bonds is 7. The van der Waals surface area contributed by atoms with Crippen molar-refractivity contribution in [2.24, 2.45) is 0 Å². The number of nitrogens with zero attached hydrogens (tertiary/aromatic N) is 1. The Morgan fingerprint density at radius 2 is 1.94 bits per heavy atom. The van der Waals surface area contributed by atoms with Gasteiger partial charge in [0, 0.05) is 25.2 Å². The van der Waals surface area contributed by atoms with Crippen LogP contribution in [0.15, 0.2) is 49.6 Å². The molecular weight excluding hydrogens is 234 g/mol. The second kappa shape index (κ2) is 7.05. The first kappa shape index (κ1) is 13.7. The first-order chi connectivity index (χ1) is 8.17. The van der Waals surface area contributed by atoms with Crippen molar-refractivity contribution in [3.05, 3.63) is 60.7 Å². The molecule has 3 heteroatoms. The molecule has 0 amide bonds. The number of benzene rings is 1. The van der Waals surface area contributed by atoms with E-state index in [4.69, 9.17) is 11.6 Å². The molecule has 0 radical (unpaired) electrons. The molecule has 0 aliphatic carbocycles. The molecule has 1 rings (SSSR count). The zero-order chi connectivity index (χ0) is 12.7. The van der Waals surface area contributed by atoms with Gasteiger partial charge in [-0.15, -0.1) is 13.2 Å². The van der Waals surface area contributed by atoms with E-state index in [0.717, 1.165) is 25.2 Å². The third-order valence-electron chi connectivity index (χ3n) is 2.33. The molecule has 0 unspecified atom stereocenters. The lowest BCUT2D eigenvalue weighted by molar-refractivity contribution is 0.108. The molecular formula is C14H16ClNO. The molecule has 0 fully saturated rings. The third-order valence-corrected chi connectivity index (χ3v) is 2.55. The Balaban J connectivity index is 2.77. The maximum Gasteiger partial charge on any atom is 0.252 e. The van der Waals surface area contributed by atoms with Gasteiger partial charge in [0.1, 0.15) is 0 Å². The van der Waals surface area contributed by atoms with Crippen LogP contribution in [0.1, 0.15) is 15.9 Å². The van der Waals surface area contributed by atoms with Gasteiger partial charge in [0.15, 0.2) is 0 Å². The van der Waals surface area contributed by atoms with Crippen LogP contribution in [0, 0.1) is 0 Å². The zero-order valence-electron chi connectivity index (χ0n) is 9.73. The fourth-order valence-electron chi connectivity index (χ4n) is 1.62. The summed E-state index contributed by atoms with van der Waals surface area (Å²) in [5.41, 5.74) is 1.58. The number of halogens is 1. The van der Waals surface area contributed by atoms with E-state index in [1.54, 1.807) is 6.07 Å². The molecule has 1 aromatic carbocycles. The summed E-state index contributed by atoms with van der Waals surface area (Å²) in [6, 6.07) is 7.34. The fraction of sp³-hybridized carbons (Fsp3) is 0.214. The first-order valence-corrected chi connectivity index (χ1v) is 5.78. The lowest BCUT2D eigenvalue weighted by atomic mass is 10.1. The highest BCUT2D eigenvalue weighted by Gasteiger charge is 2.05. The molecule has 1 aromatic rings. The minimum absolute atomic E-state index is 0.425. The molecule has 0 aromatic heterocycles. The van der Waals surface area contributed by atoms with Crippen molar-refractivity contribution < 1.29 is 4.79 Å². The summed E-state index contributed by atoms with van der Waals surface area (Å²) < 4.78 is 0. The molecule has 0 aliphatic heterocycles. The molecule has 17 heavy (non-hydrogen) atoms. The summed E-state index contributed by atoms with van der Waals surface area (Å²) in [5, 5.41) is -0.425. The summed E-state index contributed by atoms with van der Waals surface area (Å²) >= 11 is 5.45. The molecule has 0 bridgehead atoms. The van der Waals surface area contributed by atoms with Crippen molar-refractivity contribution in [3.63, 3.8) is 0 Å². The normalized spacial score (nSPS) is 10.2. The summed E-state index contributed by atoms with van der Waals surface area (Å²) in [6.45, 7) is 9.75. The van der Waals surface area contributed by atoms with Crippen LogP contribution in [0.4, 0.5) is 0 Å². The molecule has 0 saturated carbocycles. The largest absolute Gasteiger partial charge is 0.292 e. The van der Waals surface area contributed by atoms with Gasteiger partial charge in [-0.05, 0) is 23.2 Å². The van der Waals surface area contributed by atoms with Gasteiger partial charge in [-0.2, -0.15) is 0 Å². The van der Waals surface area contributed by atoms with Gasteiger partial charge >= 0.3 is 0 Å². The second-order valence-electron chi connectivity index (χ2n) is 3.75. The zero-order valence-corrected chi connectivity index (χ0v) is 10.5. The standard InChI is InChI=1S/C14H16ClNO/c1-3-8-16(9-4-2)11-12-6-5-7-13(10-12)14(15)17/h3-7,10H,1-2,8-9,11H2. The summed E-state index contributed by atoms with van der Waals surface area (Å²) in [6.07, 6.45) is 3.69. The van der Waals surface area contributed by atoms with E-state index in [0.29, 0.717) is 5.56 Å². The van der Waals surface area contributed by atoms with Crippen LogP contribution in [0.3, 0.4) is 0 Å². The van der Waals surface area contributed by atoms with Crippen molar-refractivity contribution >= 4 is 16.8 Å². The summed E-state index contributed by atoms with van der Waals surface area (Å²) in [7, 11) is 0. The molecule has 90 valence electrons. The average Bonchev–Trinajstić information content (AvgIpc) is 2.30. The van der Waals surface area contributed by atoms with Crippen LogP contribution in [0.25, 0.3) is 0 Å². The quantitative estimate of drug-likeness (QED) is 0.546. The predicted molar refractivity (Wildman–Crippen MR) is 72.3 cm³/mol. The highest BCUT2D eigenvalue weighted by Crippen LogP contribution is 2.10. The topological polar surface area (TPSA) is 20.3 Å². The summed E-state index contributed by atoms with van der Waals surface area (Å²) in [5.74, 6) is 0. The number of carbonyl (C=O) groups is 1. The first-order valence-electron chi connectivity index (χ1n) is 5.40. The molecule has 0 aliphatic rings. The van der Waals surface area contributed by atoms with Crippen LogP contribution in [0.2, 0.25) is 0 Å². The van der Waals surface area contributed by atoms with Gasteiger partial charge < -0.3 is 0 Å². The van der Waals surface area contributed by atoms with Crippen LogP contribution in [-0.2, 0) is 6.54 Å². The van der Waals surface area contributed by atoms with Gasteiger partial charge in [-0.25, -0.2) is 0 Å². The second-order valence-corrected chi connectivity index (χ2v) is 4.09. The van der Waals surface area contributed by atoms with Crippen molar-refractivity contribution in [2.45, 2.75) is 6.54 Å². The highest BCUT2D eigenvalue weighted by atomic mass is 35.5. The van der Waals surface area contributed by atoms with Crippen molar-refractivity contribution in [3.8, 4) is 0 Å². The third kappa shape index (κ3) is 4.55. The van der Waals surface area contributed by atoms with E-state index in [9.17, 15) is 4.79 Å². The van der Waals surface area contributed by atoms with E-state index in [2.05, 4.69) is 18.1 Å². The van der Waals surface area contributed by atoms with Gasteiger partial charge in [-0.3, -0.25) is 9.69 Å². The van der Waals surface area contributed by atoms with E-state index in [-0.39, 0.29) is 0 Å². The molecule has 0 saturated heterocycles. The van der Waals surface area contributed by atoms with Crippen LogP contribution in [0.5, 0.6) is 0 Å². The molecule has 0 heterocycles. The monoisotopic (exact) mass is 249 g/mol. The Morgan fingerprint density at radius 1 is 1.29 bits per heavy atom. The van der Waals surface area contributed by atoms with E-state index in [1.165, 1.54) is 0 Å². The van der Waals surface area contributed by atoms with Gasteiger partial charge in [-0.1, -0.05) is 30.4 Å². The van der Waals surface area contributed by atoms with Gasteiger partial charge in [0.05, 0.1) is 0 Å². The highest BCUT2D eigenvalue weighted by molar-refractivity contribution is 6.67. The van der Waals surface area contributed by atoms with Gasteiger partial charge in [0.2, 0.25) is 0 Å². The lowest BCUT2D eigenvalue weighted by Crippen LogP contribution is -2.23. The maximum absolute atomic E-state index is 11.1. The van der Waals surface area contributed by atoms with E-state index in [1.807, 2.05) is 30.4 Å². The Kier molecular flexibility index (Phi) is 5.67. The SMILES string of the molecule is C=CCN(CC=C)Cc1cccc(C(=O)Cl)c1. The van der Waals surface area contributed by atoms with E-state index < -0.39 is 5.24 Å². The van der Waals surface area contributed by atoms with Crippen molar-refractivity contribution in [2.75, 3.05) is 13.1 Å². The molecule has 0 N–H and O–H groups in total. The lowest BCUT2D eigenvalue weighted by Gasteiger charge is -2.18. The maximum atomic E-state index is 11.1. The number of hydrogen-bond donors (Lipinski definition) is 0. The fourth-order valence-corrected chi connectivity index (χ4v) is 1.74. The molecule has 2 nitrogen and oxygen atoms in total. The van der Waals surface area contributed by atoms with Crippen molar-refractivity contribution in [1.82, 2.24) is 4.90 Å². The summed E-state index contributed by atoms with van der Waals surface area (Å²) in [4.78, 5) is 13.2. The molecule has 0 atom stereocenters. The predicted octanol–water partition coefficient (Wildman–Crippen LogP) is 3.24. The molecule has 0 spiro atoms. The Bertz CT molecular complexity index is 404. The Morgan fingerprint density at radius 3 is 2.47 bits per heavy atom. The minimum atomic E-state index is -0.425. The van der Waals surface area contributed by atoms with Crippen LogP contribution >= 0.6 is 11.6 Å². The number of hydrogen-bond acceptors (Lipinski definition) is 2. The number of carbonyl (C=O) groups excluding carboxylic acids is 1. The Hall–Kier alpha value is -1.38. The van der Waals surface area contributed by atoms with Crippen LogP contribution < -0.4 is 0 Å². The average molecular weight is 250 g/mol.